The van der Waals surface area contributed by atoms with Crippen molar-refractivity contribution in [2.75, 3.05) is 31.7 Å². The van der Waals surface area contributed by atoms with E-state index in [9.17, 15) is 9.90 Å². The van der Waals surface area contributed by atoms with Crippen LogP contribution in [-0.2, 0) is 20.1 Å². The predicted molar refractivity (Wildman–Crippen MR) is 103 cm³/mol. The number of hydrogen-bond acceptors (Lipinski definition) is 5. The van der Waals surface area contributed by atoms with E-state index >= 15 is 0 Å². The van der Waals surface area contributed by atoms with Gasteiger partial charge in [-0.1, -0.05) is 18.2 Å². The highest BCUT2D eigenvalue weighted by atomic mass is 16.7. The molecule has 2 aromatic carbocycles. The molecule has 0 radical (unpaired) electrons. The Morgan fingerprint density at radius 3 is 2.56 bits per heavy atom. The molecule has 2 aromatic rings. The number of fused-ring (bicyclic) bond motifs is 1. The van der Waals surface area contributed by atoms with E-state index in [1.54, 1.807) is 36.2 Å². The van der Waals surface area contributed by atoms with E-state index < -0.39 is 5.79 Å². The van der Waals surface area contributed by atoms with Crippen LogP contribution in [0.15, 0.2) is 42.5 Å². The molecule has 140 valence electrons. The average Bonchev–Trinajstić information content (AvgIpc) is 3.24. The number of carbonyl (C=O) groups excluding carboxylic acids is 1. The Labute approximate surface area is 157 Å². The number of nitrogens with two attached hydrogens (primary N) is 1. The summed E-state index contributed by atoms with van der Waals surface area (Å²) in [6, 6.07) is 12.6. The van der Waals surface area contributed by atoms with Crippen LogP contribution in [0, 0.1) is 0 Å². The fraction of sp³-hybridized carbons (Fsp3) is 0.286. The van der Waals surface area contributed by atoms with Gasteiger partial charge in [-0.05, 0) is 42.4 Å². The van der Waals surface area contributed by atoms with Crippen molar-refractivity contribution in [3.05, 3.63) is 59.2 Å². The molecular formula is C21H22N2O4. The standard InChI is InChI=1S/C21H22N2O4/c1-23-19-7-4-15(21(8-9-22)26-10-11-27-21)13-17(19)18(20(23)25)12-14-2-5-16(24)6-3-14/h2-7,12-13,24H,8-11,22H2,1H3/b18-12-. The molecule has 1 fully saturated rings. The lowest BCUT2D eigenvalue weighted by Gasteiger charge is -2.28. The van der Waals surface area contributed by atoms with Crippen LogP contribution in [0.2, 0.25) is 0 Å². The summed E-state index contributed by atoms with van der Waals surface area (Å²) >= 11 is 0. The van der Waals surface area contributed by atoms with Crippen molar-refractivity contribution in [1.82, 2.24) is 0 Å². The molecule has 27 heavy (non-hydrogen) atoms. The molecule has 0 atom stereocenters. The van der Waals surface area contributed by atoms with Crippen LogP contribution in [0.5, 0.6) is 5.75 Å². The van der Waals surface area contributed by atoms with Gasteiger partial charge in [0.25, 0.3) is 5.91 Å². The number of phenols is 1. The van der Waals surface area contributed by atoms with Crippen molar-refractivity contribution < 1.29 is 19.4 Å². The Morgan fingerprint density at radius 1 is 1.19 bits per heavy atom. The van der Waals surface area contributed by atoms with Gasteiger partial charge in [-0.15, -0.1) is 0 Å². The zero-order valence-corrected chi connectivity index (χ0v) is 15.1. The molecule has 0 spiro atoms. The van der Waals surface area contributed by atoms with Gasteiger partial charge in [0.2, 0.25) is 0 Å². The number of amides is 1. The molecule has 6 heteroatoms. The molecule has 0 bridgehead atoms. The molecule has 4 rings (SSSR count). The Morgan fingerprint density at radius 2 is 1.89 bits per heavy atom. The second-order valence-electron chi connectivity index (χ2n) is 6.73. The van der Waals surface area contributed by atoms with E-state index in [-0.39, 0.29) is 11.7 Å². The van der Waals surface area contributed by atoms with E-state index in [4.69, 9.17) is 15.2 Å². The van der Waals surface area contributed by atoms with Crippen LogP contribution in [0.25, 0.3) is 11.6 Å². The molecule has 2 aliphatic rings. The number of ether oxygens (including phenoxy) is 2. The predicted octanol–water partition coefficient (Wildman–Crippen LogP) is 2.46. The number of benzene rings is 2. The van der Waals surface area contributed by atoms with Gasteiger partial charge >= 0.3 is 0 Å². The Kier molecular flexibility index (Phi) is 4.47. The first kappa shape index (κ1) is 17.7. The lowest BCUT2D eigenvalue weighted by molar-refractivity contribution is -0.168. The number of phenolic OH excluding ortho intramolecular Hbond substituents is 1. The van der Waals surface area contributed by atoms with Crippen molar-refractivity contribution in [2.24, 2.45) is 5.73 Å². The SMILES string of the molecule is CN1C(=O)/C(=C\c2ccc(O)cc2)c2cc(C3(CCN)OCCO3)ccc21. The number of hydrogen-bond donors (Lipinski definition) is 2. The summed E-state index contributed by atoms with van der Waals surface area (Å²) in [4.78, 5) is 14.4. The van der Waals surface area contributed by atoms with Gasteiger partial charge in [-0.25, -0.2) is 0 Å². The lowest BCUT2D eigenvalue weighted by atomic mass is 9.96. The van der Waals surface area contributed by atoms with Crippen molar-refractivity contribution in [3.8, 4) is 5.75 Å². The molecule has 0 saturated carbocycles. The summed E-state index contributed by atoms with van der Waals surface area (Å²) in [5.41, 5.74) is 9.76. The molecule has 0 aliphatic carbocycles. The number of carbonyl (C=O) groups is 1. The van der Waals surface area contributed by atoms with Crippen LogP contribution in [0.1, 0.15) is 23.1 Å². The van der Waals surface area contributed by atoms with Crippen LogP contribution >= 0.6 is 0 Å². The van der Waals surface area contributed by atoms with E-state index in [2.05, 4.69) is 0 Å². The van der Waals surface area contributed by atoms with Gasteiger partial charge in [-0.3, -0.25) is 4.79 Å². The molecule has 0 unspecified atom stereocenters. The maximum absolute atomic E-state index is 12.8. The van der Waals surface area contributed by atoms with E-state index in [0.717, 1.165) is 22.4 Å². The van der Waals surface area contributed by atoms with Gasteiger partial charge in [0.15, 0.2) is 5.79 Å². The molecule has 6 nitrogen and oxygen atoms in total. The Bertz CT molecular complexity index is 899. The minimum Gasteiger partial charge on any atom is -0.508 e. The Balaban J connectivity index is 1.80. The monoisotopic (exact) mass is 366 g/mol. The maximum atomic E-state index is 12.8. The molecule has 3 N–H and O–H groups in total. The Hall–Kier alpha value is -2.67. The number of rotatable bonds is 4. The first-order chi connectivity index (χ1) is 13.0. The molecule has 2 aliphatic heterocycles. The largest absolute Gasteiger partial charge is 0.508 e. The third-order valence-electron chi connectivity index (χ3n) is 5.05. The van der Waals surface area contributed by atoms with E-state index in [1.165, 1.54) is 0 Å². The highest BCUT2D eigenvalue weighted by Gasteiger charge is 2.40. The van der Waals surface area contributed by atoms with Crippen molar-refractivity contribution in [2.45, 2.75) is 12.2 Å². The minimum atomic E-state index is -0.850. The van der Waals surface area contributed by atoms with Crippen molar-refractivity contribution in [3.63, 3.8) is 0 Å². The van der Waals surface area contributed by atoms with E-state index in [1.807, 2.05) is 24.3 Å². The van der Waals surface area contributed by atoms with Crippen molar-refractivity contribution in [1.29, 1.82) is 0 Å². The normalized spacial score (nSPS) is 19.7. The first-order valence-electron chi connectivity index (χ1n) is 8.96. The third kappa shape index (κ3) is 3.02. The molecular weight excluding hydrogens is 344 g/mol. The average molecular weight is 366 g/mol. The molecule has 1 amide bonds. The van der Waals surface area contributed by atoms with Gasteiger partial charge in [0.05, 0.1) is 18.9 Å². The van der Waals surface area contributed by atoms with Crippen molar-refractivity contribution >= 4 is 23.2 Å². The maximum Gasteiger partial charge on any atom is 0.258 e. The second kappa shape index (κ2) is 6.81. The van der Waals surface area contributed by atoms with Gasteiger partial charge in [0, 0.05) is 30.2 Å². The topological polar surface area (TPSA) is 85.0 Å². The smallest absolute Gasteiger partial charge is 0.258 e. The second-order valence-corrected chi connectivity index (χ2v) is 6.73. The third-order valence-corrected chi connectivity index (χ3v) is 5.05. The fourth-order valence-electron chi connectivity index (χ4n) is 3.66. The molecule has 2 heterocycles. The van der Waals surface area contributed by atoms with Gasteiger partial charge < -0.3 is 25.2 Å². The summed E-state index contributed by atoms with van der Waals surface area (Å²) in [5.74, 6) is -0.734. The first-order valence-corrected chi connectivity index (χ1v) is 8.96. The number of likely N-dealkylation sites (N-methyl/N-ethyl adjacent to an activating group) is 1. The lowest BCUT2D eigenvalue weighted by Crippen LogP contribution is -2.30. The molecule has 0 aromatic heterocycles. The summed E-state index contributed by atoms with van der Waals surface area (Å²) in [6.45, 7) is 1.48. The number of anilines is 1. The summed E-state index contributed by atoms with van der Waals surface area (Å²) in [5, 5.41) is 9.47. The number of nitrogens with zero attached hydrogens (tertiary/aromatic N) is 1. The quantitative estimate of drug-likeness (QED) is 0.812. The van der Waals surface area contributed by atoms with Crippen LogP contribution < -0.4 is 10.6 Å². The summed E-state index contributed by atoms with van der Waals surface area (Å²) < 4.78 is 11.8. The zero-order valence-electron chi connectivity index (χ0n) is 15.1. The molecule has 1 saturated heterocycles. The minimum absolute atomic E-state index is 0.0728. The van der Waals surface area contributed by atoms with Crippen LogP contribution in [-0.4, -0.2) is 37.8 Å². The highest BCUT2D eigenvalue weighted by Crippen LogP contribution is 2.42. The summed E-state index contributed by atoms with van der Waals surface area (Å²) in [6.07, 6.45) is 2.38. The summed E-state index contributed by atoms with van der Waals surface area (Å²) in [7, 11) is 1.76. The fourth-order valence-corrected chi connectivity index (χ4v) is 3.66. The number of aromatic hydroxyl groups is 1. The van der Waals surface area contributed by atoms with E-state index in [0.29, 0.717) is 31.8 Å². The van der Waals surface area contributed by atoms with Crippen LogP contribution in [0.4, 0.5) is 5.69 Å². The highest BCUT2D eigenvalue weighted by molar-refractivity contribution is 6.35. The van der Waals surface area contributed by atoms with Gasteiger partial charge in [-0.2, -0.15) is 0 Å². The zero-order chi connectivity index (χ0) is 19.0. The van der Waals surface area contributed by atoms with Gasteiger partial charge in [0.1, 0.15) is 5.75 Å². The van der Waals surface area contributed by atoms with Crippen LogP contribution in [0.3, 0.4) is 0 Å².